The maximum atomic E-state index is 6.06. The van der Waals surface area contributed by atoms with Crippen LogP contribution in [0.1, 0.15) is 32.8 Å². The van der Waals surface area contributed by atoms with E-state index < -0.39 is 0 Å². The van der Waals surface area contributed by atoms with Gasteiger partial charge in [0.1, 0.15) is 0 Å². The fourth-order valence-corrected chi connectivity index (χ4v) is 2.04. The van der Waals surface area contributed by atoms with E-state index in [1.165, 1.54) is 5.69 Å². The number of nitrogens with zero attached hydrogens (tertiary/aromatic N) is 1. The Morgan fingerprint density at radius 3 is 2.56 bits per heavy atom. The van der Waals surface area contributed by atoms with Gasteiger partial charge in [-0.3, -0.25) is 0 Å². The molecule has 0 radical (unpaired) electrons. The zero-order valence-corrected chi connectivity index (χ0v) is 11.1. The largest absolute Gasteiger partial charge is 0.369 e. The number of hydrogen-bond donors (Lipinski definition) is 1. The maximum Gasteiger partial charge on any atom is 0.0429 e. The van der Waals surface area contributed by atoms with Crippen LogP contribution in [0.3, 0.4) is 0 Å². The quantitative estimate of drug-likeness (QED) is 0.855. The van der Waals surface area contributed by atoms with Crippen LogP contribution < -0.4 is 10.6 Å². The molecule has 1 rings (SSSR count). The van der Waals surface area contributed by atoms with Gasteiger partial charge in [-0.1, -0.05) is 24.6 Å². The van der Waals surface area contributed by atoms with Gasteiger partial charge in [0.05, 0.1) is 0 Å². The fraction of sp³-hybridized carbons (Fsp3) is 0.538. The van der Waals surface area contributed by atoms with Gasteiger partial charge in [0.25, 0.3) is 0 Å². The molecule has 1 aromatic rings. The van der Waals surface area contributed by atoms with Gasteiger partial charge in [0.2, 0.25) is 0 Å². The van der Waals surface area contributed by atoms with Crippen molar-refractivity contribution >= 4 is 17.3 Å². The standard InChI is InChI=1S/C13H21ClN2/c1-4-7-16(10(2)3)13-8-12(14)6-5-11(13)9-15/h5-6,8,10H,4,7,9,15H2,1-3H3. The van der Waals surface area contributed by atoms with Crippen molar-refractivity contribution in [1.29, 1.82) is 0 Å². The van der Waals surface area contributed by atoms with Crippen LogP contribution in [0.2, 0.25) is 5.02 Å². The van der Waals surface area contributed by atoms with Crippen LogP contribution >= 0.6 is 11.6 Å². The van der Waals surface area contributed by atoms with E-state index in [0.29, 0.717) is 12.6 Å². The van der Waals surface area contributed by atoms with Crippen molar-refractivity contribution < 1.29 is 0 Å². The molecule has 2 N–H and O–H groups in total. The van der Waals surface area contributed by atoms with E-state index in [1.54, 1.807) is 0 Å². The van der Waals surface area contributed by atoms with E-state index in [4.69, 9.17) is 17.3 Å². The highest BCUT2D eigenvalue weighted by Crippen LogP contribution is 2.26. The van der Waals surface area contributed by atoms with Crippen LogP contribution in [0.25, 0.3) is 0 Å². The van der Waals surface area contributed by atoms with Gasteiger partial charge in [0.15, 0.2) is 0 Å². The lowest BCUT2D eigenvalue weighted by atomic mass is 10.1. The lowest BCUT2D eigenvalue weighted by molar-refractivity contribution is 0.667. The summed E-state index contributed by atoms with van der Waals surface area (Å²) in [6, 6.07) is 6.39. The summed E-state index contributed by atoms with van der Waals surface area (Å²) in [5, 5.41) is 0.772. The summed E-state index contributed by atoms with van der Waals surface area (Å²) in [6.07, 6.45) is 1.12. The number of halogens is 1. The minimum Gasteiger partial charge on any atom is -0.369 e. The molecule has 2 nitrogen and oxygen atoms in total. The van der Waals surface area contributed by atoms with E-state index in [2.05, 4.69) is 25.7 Å². The molecule has 0 bridgehead atoms. The van der Waals surface area contributed by atoms with Crippen LogP contribution in [-0.4, -0.2) is 12.6 Å². The lowest BCUT2D eigenvalue weighted by Crippen LogP contribution is -2.32. The Morgan fingerprint density at radius 2 is 2.06 bits per heavy atom. The molecule has 0 unspecified atom stereocenters. The molecule has 0 atom stereocenters. The molecule has 0 aliphatic carbocycles. The highest BCUT2D eigenvalue weighted by molar-refractivity contribution is 6.30. The Bertz CT molecular complexity index is 337. The third kappa shape index (κ3) is 3.13. The third-order valence-electron chi connectivity index (χ3n) is 2.66. The summed E-state index contributed by atoms with van der Waals surface area (Å²) >= 11 is 6.06. The predicted molar refractivity (Wildman–Crippen MR) is 72.1 cm³/mol. The van der Waals surface area contributed by atoms with Gasteiger partial charge in [-0.15, -0.1) is 0 Å². The van der Waals surface area contributed by atoms with Crippen molar-refractivity contribution in [1.82, 2.24) is 0 Å². The summed E-state index contributed by atoms with van der Waals surface area (Å²) in [5.74, 6) is 0. The summed E-state index contributed by atoms with van der Waals surface area (Å²) in [6.45, 7) is 8.15. The molecule has 0 saturated heterocycles. The summed E-state index contributed by atoms with van der Waals surface area (Å²) in [7, 11) is 0. The maximum absolute atomic E-state index is 6.06. The normalized spacial score (nSPS) is 10.9. The van der Waals surface area contributed by atoms with Gasteiger partial charge in [-0.25, -0.2) is 0 Å². The number of hydrogen-bond acceptors (Lipinski definition) is 2. The first-order chi connectivity index (χ1) is 7.60. The first-order valence-electron chi connectivity index (χ1n) is 5.85. The van der Waals surface area contributed by atoms with Crippen molar-refractivity contribution in [2.45, 2.75) is 39.8 Å². The summed E-state index contributed by atoms with van der Waals surface area (Å²) in [5.41, 5.74) is 8.10. The Labute approximate surface area is 103 Å². The molecule has 0 aliphatic rings. The monoisotopic (exact) mass is 240 g/mol. The second-order valence-corrected chi connectivity index (χ2v) is 4.70. The molecule has 0 heterocycles. The second-order valence-electron chi connectivity index (χ2n) is 4.26. The molecule has 3 heteroatoms. The molecular formula is C13H21ClN2. The zero-order chi connectivity index (χ0) is 12.1. The molecule has 0 fully saturated rings. The lowest BCUT2D eigenvalue weighted by Gasteiger charge is -2.30. The highest BCUT2D eigenvalue weighted by Gasteiger charge is 2.13. The van der Waals surface area contributed by atoms with Gasteiger partial charge in [-0.05, 0) is 38.0 Å². The molecule has 90 valence electrons. The highest BCUT2D eigenvalue weighted by atomic mass is 35.5. The van der Waals surface area contributed by atoms with Crippen LogP contribution in [0.15, 0.2) is 18.2 Å². The average Bonchev–Trinajstić information content (AvgIpc) is 2.25. The van der Waals surface area contributed by atoms with Gasteiger partial charge >= 0.3 is 0 Å². The van der Waals surface area contributed by atoms with E-state index >= 15 is 0 Å². The van der Waals surface area contributed by atoms with E-state index in [1.807, 2.05) is 18.2 Å². The SMILES string of the molecule is CCCN(c1cc(Cl)ccc1CN)C(C)C. The molecule has 0 aromatic heterocycles. The van der Waals surface area contributed by atoms with Crippen LogP contribution in [0, 0.1) is 0 Å². The number of anilines is 1. The number of benzene rings is 1. The molecule has 0 saturated carbocycles. The first kappa shape index (κ1) is 13.3. The fourth-order valence-electron chi connectivity index (χ4n) is 1.87. The Morgan fingerprint density at radius 1 is 1.38 bits per heavy atom. The van der Waals surface area contributed by atoms with Gasteiger partial charge in [0, 0.05) is 29.8 Å². The minimum atomic E-state index is 0.462. The number of nitrogens with two attached hydrogens (primary N) is 1. The Kier molecular flexibility index (Phi) is 5.10. The number of rotatable bonds is 5. The first-order valence-corrected chi connectivity index (χ1v) is 6.23. The average molecular weight is 241 g/mol. The molecule has 0 aliphatic heterocycles. The Hall–Kier alpha value is -0.730. The zero-order valence-electron chi connectivity index (χ0n) is 10.3. The van der Waals surface area contributed by atoms with Gasteiger partial charge < -0.3 is 10.6 Å². The second kappa shape index (κ2) is 6.12. The smallest absolute Gasteiger partial charge is 0.0429 e. The molecule has 0 spiro atoms. The van der Waals surface area contributed by atoms with Crippen molar-refractivity contribution in [3.05, 3.63) is 28.8 Å². The van der Waals surface area contributed by atoms with E-state index in [-0.39, 0.29) is 0 Å². The minimum absolute atomic E-state index is 0.462. The molecule has 0 amide bonds. The predicted octanol–water partition coefficient (Wildman–Crippen LogP) is 3.42. The molecule has 1 aromatic carbocycles. The van der Waals surface area contributed by atoms with Crippen LogP contribution in [0.4, 0.5) is 5.69 Å². The molecular weight excluding hydrogens is 220 g/mol. The van der Waals surface area contributed by atoms with Crippen molar-refractivity contribution in [2.24, 2.45) is 5.73 Å². The van der Waals surface area contributed by atoms with Crippen molar-refractivity contribution in [3.8, 4) is 0 Å². The van der Waals surface area contributed by atoms with Gasteiger partial charge in [-0.2, -0.15) is 0 Å². The van der Waals surface area contributed by atoms with Crippen molar-refractivity contribution in [3.63, 3.8) is 0 Å². The van der Waals surface area contributed by atoms with Crippen molar-refractivity contribution in [2.75, 3.05) is 11.4 Å². The Balaban J connectivity index is 3.10. The molecule has 16 heavy (non-hydrogen) atoms. The van der Waals surface area contributed by atoms with Crippen LogP contribution in [0.5, 0.6) is 0 Å². The third-order valence-corrected chi connectivity index (χ3v) is 2.90. The summed E-state index contributed by atoms with van der Waals surface area (Å²) < 4.78 is 0. The summed E-state index contributed by atoms with van der Waals surface area (Å²) in [4.78, 5) is 2.36. The van der Waals surface area contributed by atoms with E-state index in [9.17, 15) is 0 Å². The van der Waals surface area contributed by atoms with Crippen LogP contribution in [-0.2, 0) is 6.54 Å². The van der Waals surface area contributed by atoms with E-state index in [0.717, 1.165) is 23.6 Å². The topological polar surface area (TPSA) is 29.3 Å².